The van der Waals surface area contributed by atoms with E-state index in [9.17, 15) is 5.11 Å². The van der Waals surface area contributed by atoms with Crippen LogP contribution in [0.4, 0.5) is 0 Å². The molecule has 0 aliphatic heterocycles. The summed E-state index contributed by atoms with van der Waals surface area (Å²) in [6.07, 6.45) is 15.5. The second-order valence-electron chi connectivity index (χ2n) is 10.3. The number of hydrogen-bond donors (Lipinski definition) is 1. The van der Waals surface area contributed by atoms with E-state index in [-0.39, 0.29) is 6.10 Å². The second kappa shape index (κ2) is 5.62. The van der Waals surface area contributed by atoms with Gasteiger partial charge in [0.15, 0.2) is 0 Å². The fourth-order valence-electron chi connectivity index (χ4n) is 8.26. The first-order valence-corrected chi connectivity index (χ1v) is 10.7. The Morgan fingerprint density at radius 1 is 0.960 bits per heavy atom. The smallest absolute Gasteiger partial charge is 0.0937 e. The highest BCUT2D eigenvalue weighted by Crippen LogP contribution is 2.68. The van der Waals surface area contributed by atoms with Gasteiger partial charge in [-0.1, -0.05) is 13.8 Å². The lowest BCUT2D eigenvalue weighted by molar-refractivity contribution is -0.122. The Hall–Kier alpha value is -0.760. The Bertz CT molecular complexity index is 622. The first-order valence-electron chi connectivity index (χ1n) is 10.7. The molecule has 1 heterocycles. The molecule has 0 saturated heterocycles. The number of rotatable bonds is 1. The summed E-state index contributed by atoms with van der Waals surface area (Å²) < 4.78 is 5.43. The Labute approximate surface area is 152 Å². The average Bonchev–Trinajstić information content (AvgIpc) is 3.22. The topological polar surface area (TPSA) is 33.4 Å². The van der Waals surface area contributed by atoms with Crippen molar-refractivity contribution in [2.24, 2.45) is 34.5 Å². The zero-order valence-electron chi connectivity index (χ0n) is 15.9. The molecule has 2 heteroatoms. The van der Waals surface area contributed by atoms with Crippen molar-refractivity contribution in [3.05, 3.63) is 24.2 Å². The minimum Gasteiger partial charge on any atom is -0.472 e. The van der Waals surface area contributed by atoms with Crippen LogP contribution in [-0.4, -0.2) is 11.2 Å². The first kappa shape index (κ1) is 16.4. The zero-order valence-corrected chi connectivity index (χ0v) is 15.9. The molecule has 3 unspecified atom stereocenters. The van der Waals surface area contributed by atoms with Gasteiger partial charge in [0.05, 0.1) is 18.6 Å². The van der Waals surface area contributed by atoms with Crippen molar-refractivity contribution in [1.82, 2.24) is 0 Å². The Morgan fingerprint density at radius 3 is 2.56 bits per heavy atom. The third kappa shape index (κ3) is 2.25. The molecule has 4 fully saturated rings. The lowest BCUT2D eigenvalue weighted by atomic mass is 9.44. The summed E-state index contributed by atoms with van der Waals surface area (Å²) in [5.74, 6) is 4.20. The number of fused-ring (bicyclic) bond motifs is 5. The van der Waals surface area contributed by atoms with Crippen LogP contribution < -0.4 is 0 Å². The molecule has 8 atom stereocenters. The van der Waals surface area contributed by atoms with E-state index in [1.807, 2.05) is 12.5 Å². The average molecular weight is 343 g/mol. The molecule has 0 bridgehead atoms. The molecule has 25 heavy (non-hydrogen) atoms. The number of furan rings is 1. The molecule has 4 aliphatic rings. The van der Waals surface area contributed by atoms with Crippen LogP contribution in [0.25, 0.3) is 0 Å². The molecule has 0 aromatic carbocycles. The van der Waals surface area contributed by atoms with Gasteiger partial charge in [-0.05, 0) is 110 Å². The molecule has 1 aromatic rings. The van der Waals surface area contributed by atoms with Crippen molar-refractivity contribution in [1.29, 1.82) is 0 Å². The summed E-state index contributed by atoms with van der Waals surface area (Å²) in [5.41, 5.74) is 2.42. The minimum atomic E-state index is -0.0274. The fourth-order valence-corrected chi connectivity index (χ4v) is 8.26. The van der Waals surface area contributed by atoms with Crippen LogP contribution in [-0.2, 0) is 0 Å². The molecule has 4 saturated carbocycles. The highest BCUT2D eigenvalue weighted by Gasteiger charge is 2.60. The molecule has 4 aliphatic carbocycles. The summed E-state index contributed by atoms with van der Waals surface area (Å²) in [7, 11) is 0. The third-order valence-electron chi connectivity index (χ3n) is 9.58. The molecule has 1 N–H and O–H groups in total. The lowest BCUT2D eigenvalue weighted by Gasteiger charge is -2.61. The molecule has 0 radical (unpaired) electrons. The Morgan fingerprint density at radius 2 is 1.76 bits per heavy atom. The predicted octanol–water partition coefficient (Wildman–Crippen LogP) is 5.77. The molecule has 138 valence electrons. The number of aliphatic hydroxyl groups excluding tert-OH is 1. The standard InChI is InChI=1S/C23H34O2/c1-22-10-7-17(24)13-16(22)3-4-18-20-6-5-19(15-9-12-25-14-15)23(20,2)11-8-21(18)22/h9,12,14,16-21,24H,3-8,10-11,13H2,1-2H3/t16?,17?,18-,19?,20-,21+,22-,23+/m0/s1. The van der Waals surface area contributed by atoms with Gasteiger partial charge in [0.2, 0.25) is 0 Å². The molecule has 0 spiro atoms. The summed E-state index contributed by atoms with van der Waals surface area (Å²) in [4.78, 5) is 0. The maximum absolute atomic E-state index is 10.2. The Balaban J connectivity index is 1.44. The molecule has 1 aromatic heterocycles. The monoisotopic (exact) mass is 342 g/mol. The molecule has 5 rings (SSSR count). The quantitative estimate of drug-likeness (QED) is 0.703. The van der Waals surface area contributed by atoms with Gasteiger partial charge in [-0.3, -0.25) is 0 Å². The summed E-state index contributed by atoms with van der Waals surface area (Å²) in [6.45, 7) is 5.18. The van der Waals surface area contributed by atoms with Crippen LogP contribution in [0.5, 0.6) is 0 Å². The maximum atomic E-state index is 10.2. The van der Waals surface area contributed by atoms with E-state index in [1.165, 1.54) is 50.5 Å². The zero-order chi connectivity index (χ0) is 17.2. The molecule has 2 nitrogen and oxygen atoms in total. The van der Waals surface area contributed by atoms with E-state index in [0.717, 1.165) is 36.5 Å². The van der Waals surface area contributed by atoms with E-state index in [2.05, 4.69) is 19.9 Å². The van der Waals surface area contributed by atoms with Crippen LogP contribution in [0.1, 0.15) is 83.1 Å². The lowest BCUT2D eigenvalue weighted by Crippen LogP contribution is -2.53. The van der Waals surface area contributed by atoms with E-state index < -0.39 is 0 Å². The number of hydrogen-bond acceptors (Lipinski definition) is 2. The van der Waals surface area contributed by atoms with Crippen molar-refractivity contribution < 1.29 is 9.52 Å². The van der Waals surface area contributed by atoms with Crippen LogP contribution >= 0.6 is 0 Å². The highest BCUT2D eigenvalue weighted by molar-refractivity contribution is 5.22. The van der Waals surface area contributed by atoms with Gasteiger partial charge < -0.3 is 9.52 Å². The van der Waals surface area contributed by atoms with Crippen LogP contribution in [0.2, 0.25) is 0 Å². The van der Waals surface area contributed by atoms with Crippen molar-refractivity contribution in [3.8, 4) is 0 Å². The number of aliphatic hydroxyl groups is 1. The normalized spacial score (nSPS) is 52.3. The summed E-state index contributed by atoms with van der Waals surface area (Å²) in [5, 5.41) is 10.2. The third-order valence-corrected chi connectivity index (χ3v) is 9.58. The van der Waals surface area contributed by atoms with E-state index in [1.54, 1.807) is 0 Å². The largest absolute Gasteiger partial charge is 0.472 e. The van der Waals surface area contributed by atoms with E-state index in [0.29, 0.717) is 16.7 Å². The summed E-state index contributed by atoms with van der Waals surface area (Å²) in [6, 6.07) is 2.21. The minimum absolute atomic E-state index is 0.0274. The van der Waals surface area contributed by atoms with Gasteiger partial charge in [0.25, 0.3) is 0 Å². The van der Waals surface area contributed by atoms with E-state index >= 15 is 0 Å². The fraction of sp³-hybridized carbons (Fsp3) is 0.826. The van der Waals surface area contributed by atoms with Crippen LogP contribution in [0.15, 0.2) is 23.0 Å². The van der Waals surface area contributed by atoms with E-state index in [4.69, 9.17) is 4.42 Å². The maximum Gasteiger partial charge on any atom is 0.0937 e. The molecule has 0 amide bonds. The predicted molar refractivity (Wildman–Crippen MR) is 99.2 cm³/mol. The van der Waals surface area contributed by atoms with Gasteiger partial charge in [-0.15, -0.1) is 0 Å². The molecular formula is C23H34O2. The van der Waals surface area contributed by atoms with Crippen molar-refractivity contribution in [2.75, 3.05) is 0 Å². The van der Waals surface area contributed by atoms with Crippen LogP contribution in [0.3, 0.4) is 0 Å². The van der Waals surface area contributed by atoms with Crippen LogP contribution in [0, 0.1) is 34.5 Å². The van der Waals surface area contributed by atoms with Crippen molar-refractivity contribution in [2.45, 2.75) is 83.7 Å². The first-order chi connectivity index (χ1) is 12.0. The Kier molecular flexibility index (Phi) is 3.69. The SMILES string of the molecule is C[C@]12CCC(O)CC1CC[C@@H]1[C@H]2CC[C@]2(C)C(c3ccoc3)CC[C@@H]12. The van der Waals surface area contributed by atoms with Gasteiger partial charge in [-0.2, -0.15) is 0 Å². The van der Waals surface area contributed by atoms with Gasteiger partial charge in [0, 0.05) is 0 Å². The summed E-state index contributed by atoms with van der Waals surface area (Å²) >= 11 is 0. The second-order valence-corrected chi connectivity index (χ2v) is 10.3. The highest BCUT2D eigenvalue weighted by atomic mass is 16.3. The molecular weight excluding hydrogens is 308 g/mol. The van der Waals surface area contributed by atoms with Crippen molar-refractivity contribution >= 4 is 0 Å². The van der Waals surface area contributed by atoms with Crippen molar-refractivity contribution in [3.63, 3.8) is 0 Å². The van der Waals surface area contributed by atoms with Gasteiger partial charge in [0.1, 0.15) is 0 Å². The van der Waals surface area contributed by atoms with Gasteiger partial charge in [-0.25, -0.2) is 0 Å². The van der Waals surface area contributed by atoms with Gasteiger partial charge >= 0.3 is 0 Å².